The van der Waals surface area contributed by atoms with E-state index in [9.17, 15) is 9.90 Å². The van der Waals surface area contributed by atoms with Crippen LogP contribution in [0.2, 0.25) is 5.02 Å². The predicted octanol–water partition coefficient (Wildman–Crippen LogP) is 6.00. The van der Waals surface area contributed by atoms with Gasteiger partial charge >= 0.3 is 6.03 Å². The minimum absolute atomic E-state index is 0.0201. The number of nitrogens with zero attached hydrogens (tertiary/aromatic N) is 4. The lowest BCUT2D eigenvalue weighted by Crippen LogP contribution is -2.46. The number of amides is 2. The highest BCUT2D eigenvalue weighted by Gasteiger charge is 2.35. The van der Waals surface area contributed by atoms with E-state index in [2.05, 4.69) is 10.3 Å². The molecule has 0 spiro atoms. The van der Waals surface area contributed by atoms with Crippen LogP contribution in [0.25, 0.3) is 0 Å². The van der Waals surface area contributed by atoms with E-state index in [1.54, 1.807) is 22.1 Å². The molecule has 7 nitrogen and oxygen atoms in total. The predicted molar refractivity (Wildman–Crippen MR) is 139 cm³/mol. The fraction of sp³-hybridized carbons (Fsp3) is 0.148. The number of halogens is 1. The van der Waals surface area contributed by atoms with E-state index >= 15 is 0 Å². The van der Waals surface area contributed by atoms with Crippen LogP contribution in [0.3, 0.4) is 0 Å². The van der Waals surface area contributed by atoms with Crippen LogP contribution in [0, 0.1) is 6.92 Å². The van der Waals surface area contributed by atoms with Crippen LogP contribution in [-0.4, -0.2) is 27.7 Å². The fourth-order valence-corrected chi connectivity index (χ4v) is 4.54. The second-order valence-corrected chi connectivity index (χ2v) is 8.69. The van der Waals surface area contributed by atoms with E-state index in [1.807, 2.05) is 73.7 Å². The molecule has 0 unspecified atom stereocenters. The summed E-state index contributed by atoms with van der Waals surface area (Å²) in [6.07, 6.45) is 2.23. The minimum Gasteiger partial charge on any atom is -0.396 e. The average Bonchev–Trinajstić information content (AvgIpc) is 2.85. The van der Waals surface area contributed by atoms with Crippen LogP contribution < -0.4 is 15.1 Å². The number of nitrogens with one attached hydrogen (secondary N) is 1. The summed E-state index contributed by atoms with van der Waals surface area (Å²) in [6, 6.07) is 22.5. The molecule has 0 aliphatic carbocycles. The maximum atomic E-state index is 14.0. The number of carbonyl (C=O) groups is 1. The zero-order chi connectivity index (χ0) is 24.4. The Hall–Kier alpha value is -3.94. The largest absolute Gasteiger partial charge is 0.396 e. The number of rotatable bonds is 6. The van der Waals surface area contributed by atoms with Gasteiger partial charge in [0.25, 0.3) is 0 Å². The first-order chi connectivity index (χ1) is 17.0. The van der Waals surface area contributed by atoms with Crippen molar-refractivity contribution in [2.75, 3.05) is 21.7 Å². The number of aliphatic hydroxyl groups excluding tert-OH is 1. The minimum atomic E-state index is -0.265. The van der Waals surface area contributed by atoms with Crippen molar-refractivity contribution in [1.29, 1.82) is 0 Å². The quantitative estimate of drug-likeness (QED) is 0.350. The second kappa shape index (κ2) is 9.74. The van der Waals surface area contributed by atoms with Crippen LogP contribution in [0.5, 0.6) is 0 Å². The lowest BCUT2D eigenvalue weighted by molar-refractivity contribution is 0.252. The van der Waals surface area contributed by atoms with Crippen molar-refractivity contribution in [3.63, 3.8) is 0 Å². The SMILES string of the molecule is Cc1cccc(Cl)c1N1Cc2cnc(Nc3ccccc3)nc2N(c2cccc(CCO)c2)C1=O. The van der Waals surface area contributed by atoms with Crippen molar-refractivity contribution >= 4 is 46.5 Å². The van der Waals surface area contributed by atoms with Gasteiger partial charge in [0.05, 0.1) is 22.9 Å². The van der Waals surface area contributed by atoms with Gasteiger partial charge in [-0.05, 0) is 54.8 Å². The highest BCUT2D eigenvalue weighted by molar-refractivity contribution is 6.34. The van der Waals surface area contributed by atoms with Gasteiger partial charge in [-0.25, -0.2) is 14.7 Å². The van der Waals surface area contributed by atoms with Gasteiger partial charge in [0.2, 0.25) is 5.95 Å². The van der Waals surface area contributed by atoms with Crippen molar-refractivity contribution < 1.29 is 9.90 Å². The fourth-order valence-electron chi connectivity index (χ4n) is 4.22. The molecule has 8 heteroatoms. The number of aromatic nitrogens is 2. The molecule has 0 atom stereocenters. The van der Waals surface area contributed by atoms with Crippen LogP contribution in [-0.2, 0) is 13.0 Å². The molecular formula is C27H24ClN5O2. The number of aliphatic hydroxyl groups is 1. The molecule has 0 bridgehead atoms. The summed E-state index contributed by atoms with van der Waals surface area (Å²) in [5.74, 6) is 0.896. The van der Waals surface area contributed by atoms with Gasteiger partial charge in [0, 0.05) is 24.1 Å². The Bertz CT molecular complexity index is 1360. The number of para-hydroxylation sites is 2. The summed E-state index contributed by atoms with van der Waals surface area (Å²) in [5.41, 5.74) is 4.76. The summed E-state index contributed by atoms with van der Waals surface area (Å²) >= 11 is 6.55. The van der Waals surface area contributed by atoms with Crippen molar-refractivity contribution in [1.82, 2.24) is 9.97 Å². The Kier molecular flexibility index (Phi) is 6.35. The molecule has 176 valence electrons. The van der Waals surface area contributed by atoms with E-state index in [4.69, 9.17) is 16.6 Å². The van der Waals surface area contributed by atoms with Crippen LogP contribution in [0.15, 0.2) is 79.0 Å². The molecule has 0 fully saturated rings. The lowest BCUT2D eigenvalue weighted by atomic mass is 10.1. The Morgan fingerprint density at radius 2 is 1.86 bits per heavy atom. The number of hydrogen-bond donors (Lipinski definition) is 2. The molecule has 1 aromatic heterocycles. The molecule has 0 radical (unpaired) electrons. The Balaban J connectivity index is 1.63. The monoisotopic (exact) mass is 485 g/mol. The maximum Gasteiger partial charge on any atom is 0.335 e. The number of anilines is 5. The van der Waals surface area contributed by atoms with E-state index in [-0.39, 0.29) is 19.2 Å². The standard InChI is InChI=1S/C27H24ClN5O2/c1-18-7-5-12-23(28)24(18)32-17-20-16-29-26(30-21-9-3-2-4-10-21)31-25(20)33(27(32)35)22-11-6-8-19(15-22)13-14-34/h2-12,15-16,34H,13-14,17H2,1H3,(H,29,30,31). The third kappa shape index (κ3) is 4.56. The molecule has 5 rings (SSSR count). The summed E-state index contributed by atoms with van der Waals surface area (Å²) in [5, 5.41) is 13.1. The van der Waals surface area contributed by atoms with Crippen LogP contribution in [0.4, 0.5) is 33.6 Å². The number of carbonyl (C=O) groups excluding carboxylic acids is 1. The van der Waals surface area contributed by atoms with E-state index < -0.39 is 0 Å². The molecule has 0 saturated heterocycles. The number of hydrogen-bond acceptors (Lipinski definition) is 5. The summed E-state index contributed by atoms with van der Waals surface area (Å²) in [4.78, 5) is 26.5. The topological polar surface area (TPSA) is 81.6 Å². The summed E-state index contributed by atoms with van der Waals surface area (Å²) in [7, 11) is 0. The molecule has 1 aliphatic heterocycles. The number of fused-ring (bicyclic) bond motifs is 1. The van der Waals surface area contributed by atoms with Gasteiger partial charge in [-0.15, -0.1) is 0 Å². The summed E-state index contributed by atoms with van der Waals surface area (Å²) < 4.78 is 0. The zero-order valence-electron chi connectivity index (χ0n) is 19.1. The van der Waals surface area contributed by atoms with E-state index in [0.29, 0.717) is 34.6 Å². The average molecular weight is 486 g/mol. The highest BCUT2D eigenvalue weighted by Crippen LogP contribution is 2.39. The van der Waals surface area contributed by atoms with Crippen molar-refractivity contribution in [2.24, 2.45) is 0 Å². The number of urea groups is 1. The molecule has 3 aromatic carbocycles. The molecule has 0 saturated carbocycles. The molecule has 2 heterocycles. The van der Waals surface area contributed by atoms with Gasteiger partial charge in [0.15, 0.2) is 5.82 Å². The van der Waals surface area contributed by atoms with E-state index in [1.165, 1.54) is 0 Å². The van der Waals surface area contributed by atoms with Gasteiger partial charge in [0.1, 0.15) is 0 Å². The molecule has 35 heavy (non-hydrogen) atoms. The summed E-state index contributed by atoms with van der Waals surface area (Å²) in [6.45, 7) is 2.24. The van der Waals surface area contributed by atoms with Crippen molar-refractivity contribution in [3.8, 4) is 0 Å². The first-order valence-electron chi connectivity index (χ1n) is 11.3. The molecule has 1 aliphatic rings. The molecule has 2 amide bonds. The van der Waals surface area contributed by atoms with E-state index in [0.717, 1.165) is 22.4 Å². The van der Waals surface area contributed by atoms with Gasteiger partial charge in [-0.1, -0.05) is 54.1 Å². The Morgan fingerprint density at radius 3 is 2.63 bits per heavy atom. The number of aryl methyl sites for hydroxylation is 1. The first kappa shape index (κ1) is 22.8. The highest BCUT2D eigenvalue weighted by atomic mass is 35.5. The third-order valence-electron chi connectivity index (χ3n) is 5.86. The van der Waals surface area contributed by atoms with Gasteiger partial charge in [-0.3, -0.25) is 4.90 Å². The molecule has 4 aromatic rings. The lowest BCUT2D eigenvalue weighted by Gasteiger charge is -2.37. The normalized spacial score (nSPS) is 13.1. The smallest absolute Gasteiger partial charge is 0.335 e. The van der Waals surface area contributed by atoms with Crippen molar-refractivity contribution in [3.05, 3.63) is 101 Å². The number of benzene rings is 3. The Morgan fingerprint density at radius 1 is 1.06 bits per heavy atom. The maximum absolute atomic E-state index is 14.0. The van der Waals surface area contributed by atoms with Crippen LogP contribution in [0.1, 0.15) is 16.7 Å². The van der Waals surface area contributed by atoms with Crippen LogP contribution >= 0.6 is 11.6 Å². The second-order valence-electron chi connectivity index (χ2n) is 8.29. The van der Waals surface area contributed by atoms with Gasteiger partial charge < -0.3 is 10.4 Å². The third-order valence-corrected chi connectivity index (χ3v) is 6.17. The van der Waals surface area contributed by atoms with Gasteiger partial charge in [-0.2, -0.15) is 4.98 Å². The molecular weight excluding hydrogens is 462 g/mol. The first-order valence-corrected chi connectivity index (χ1v) is 11.7. The van der Waals surface area contributed by atoms with Crippen molar-refractivity contribution in [2.45, 2.75) is 19.9 Å². The zero-order valence-corrected chi connectivity index (χ0v) is 19.9. The molecule has 2 N–H and O–H groups in total. The Labute approximate surface area is 208 Å².